The van der Waals surface area contributed by atoms with E-state index < -0.39 is 11.6 Å². The fourth-order valence-electron chi connectivity index (χ4n) is 1.34. The van der Waals surface area contributed by atoms with Gasteiger partial charge in [-0.15, -0.1) is 0 Å². The molecule has 0 aliphatic rings. The van der Waals surface area contributed by atoms with Gasteiger partial charge in [-0.25, -0.2) is 4.79 Å². The molecular formula is C14H18N2O3. The SMILES string of the molecule is CC(=N\c1ccccc1)/C(=N/O)C(=O)OC(C)(C)C. The fourth-order valence-corrected chi connectivity index (χ4v) is 1.34. The van der Waals surface area contributed by atoms with Crippen LogP contribution in [0.5, 0.6) is 0 Å². The molecule has 102 valence electrons. The highest BCUT2D eigenvalue weighted by Crippen LogP contribution is 2.12. The molecule has 0 radical (unpaired) electrons. The maximum atomic E-state index is 11.8. The van der Waals surface area contributed by atoms with Gasteiger partial charge in [0.05, 0.1) is 11.4 Å². The molecule has 0 spiro atoms. The van der Waals surface area contributed by atoms with Crippen molar-refractivity contribution in [2.24, 2.45) is 10.1 Å². The van der Waals surface area contributed by atoms with Crippen LogP contribution in [0, 0.1) is 0 Å². The molecule has 0 aliphatic heterocycles. The van der Waals surface area contributed by atoms with Gasteiger partial charge >= 0.3 is 5.97 Å². The third kappa shape index (κ3) is 4.91. The van der Waals surface area contributed by atoms with Crippen LogP contribution in [0.25, 0.3) is 0 Å². The van der Waals surface area contributed by atoms with Crippen LogP contribution in [0.3, 0.4) is 0 Å². The summed E-state index contributed by atoms with van der Waals surface area (Å²) in [6, 6.07) is 9.09. The van der Waals surface area contributed by atoms with Gasteiger partial charge in [0, 0.05) is 0 Å². The molecule has 1 aromatic carbocycles. The van der Waals surface area contributed by atoms with Crippen molar-refractivity contribution in [3.8, 4) is 0 Å². The Bertz CT molecular complexity index is 499. The van der Waals surface area contributed by atoms with E-state index in [0.29, 0.717) is 11.4 Å². The third-order valence-electron chi connectivity index (χ3n) is 2.09. The monoisotopic (exact) mass is 262 g/mol. The lowest BCUT2D eigenvalue weighted by molar-refractivity contribution is -0.146. The second-order valence-electron chi connectivity index (χ2n) is 4.98. The molecule has 0 fully saturated rings. The van der Waals surface area contributed by atoms with Crippen LogP contribution in [0.1, 0.15) is 27.7 Å². The molecule has 1 N–H and O–H groups in total. The number of esters is 1. The Morgan fingerprint density at radius 1 is 1.21 bits per heavy atom. The molecule has 5 heteroatoms. The molecule has 0 heterocycles. The topological polar surface area (TPSA) is 71.2 Å². The summed E-state index contributed by atoms with van der Waals surface area (Å²) in [4.78, 5) is 16.0. The third-order valence-corrected chi connectivity index (χ3v) is 2.09. The van der Waals surface area contributed by atoms with Crippen molar-refractivity contribution >= 4 is 23.1 Å². The normalized spacial score (nSPS) is 13.3. The Hall–Kier alpha value is -2.17. The number of rotatable bonds is 3. The number of aliphatic imine (C=N–C) groups is 1. The summed E-state index contributed by atoms with van der Waals surface area (Å²) in [6.45, 7) is 6.81. The molecule has 19 heavy (non-hydrogen) atoms. The highest BCUT2D eigenvalue weighted by molar-refractivity contribution is 6.65. The van der Waals surface area contributed by atoms with Gasteiger partial charge in [0.25, 0.3) is 0 Å². The number of carbonyl (C=O) groups excluding carboxylic acids is 1. The van der Waals surface area contributed by atoms with Crippen LogP contribution >= 0.6 is 0 Å². The zero-order valence-corrected chi connectivity index (χ0v) is 11.5. The Labute approximate surface area is 112 Å². The largest absolute Gasteiger partial charge is 0.455 e. The summed E-state index contributed by atoms with van der Waals surface area (Å²) in [6.07, 6.45) is 0. The molecule has 0 amide bonds. The minimum absolute atomic E-state index is 0.196. The van der Waals surface area contributed by atoms with Gasteiger partial charge in [0.2, 0.25) is 5.71 Å². The Kier molecular flexibility index (Phi) is 4.80. The van der Waals surface area contributed by atoms with Gasteiger partial charge in [0.1, 0.15) is 5.60 Å². The summed E-state index contributed by atoms with van der Waals surface area (Å²) in [5, 5.41) is 11.9. The first kappa shape index (κ1) is 14.9. The van der Waals surface area contributed by atoms with E-state index in [0.717, 1.165) is 0 Å². The zero-order valence-electron chi connectivity index (χ0n) is 11.5. The van der Waals surface area contributed by atoms with E-state index in [2.05, 4.69) is 10.1 Å². The van der Waals surface area contributed by atoms with Gasteiger partial charge in [-0.05, 0) is 39.8 Å². The van der Waals surface area contributed by atoms with E-state index >= 15 is 0 Å². The van der Waals surface area contributed by atoms with E-state index in [9.17, 15) is 4.79 Å². The molecule has 0 aliphatic carbocycles. The van der Waals surface area contributed by atoms with Gasteiger partial charge in [-0.2, -0.15) is 0 Å². The Balaban J connectivity index is 2.93. The van der Waals surface area contributed by atoms with Crippen molar-refractivity contribution in [1.29, 1.82) is 0 Å². The summed E-state index contributed by atoms with van der Waals surface area (Å²) >= 11 is 0. The lowest BCUT2D eigenvalue weighted by Crippen LogP contribution is -2.32. The number of ether oxygens (including phenoxy) is 1. The molecule has 0 bridgehead atoms. The Morgan fingerprint density at radius 2 is 1.79 bits per heavy atom. The number of hydrogen-bond donors (Lipinski definition) is 1. The molecular weight excluding hydrogens is 244 g/mol. The average molecular weight is 262 g/mol. The molecule has 0 saturated heterocycles. The minimum atomic E-state index is -0.702. The summed E-state index contributed by atoms with van der Waals surface area (Å²) in [5.41, 5.74) is 0.117. The van der Waals surface area contributed by atoms with Gasteiger partial charge < -0.3 is 9.94 Å². The van der Waals surface area contributed by atoms with Crippen LogP contribution in [-0.2, 0) is 9.53 Å². The number of nitrogens with zero attached hydrogens (tertiary/aromatic N) is 2. The van der Waals surface area contributed by atoms with E-state index in [4.69, 9.17) is 9.94 Å². The maximum Gasteiger partial charge on any atom is 0.362 e. The smallest absolute Gasteiger partial charge is 0.362 e. The molecule has 0 saturated carbocycles. The lowest BCUT2D eigenvalue weighted by atomic mass is 10.2. The predicted octanol–water partition coefficient (Wildman–Crippen LogP) is 2.95. The van der Waals surface area contributed by atoms with E-state index in [1.165, 1.54) is 0 Å². The fraction of sp³-hybridized carbons (Fsp3) is 0.357. The first-order valence-electron chi connectivity index (χ1n) is 5.89. The van der Waals surface area contributed by atoms with Crippen LogP contribution in [0.15, 0.2) is 40.5 Å². The number of oxime groups is 1. The van der Waals surface area contributed by atoms with Crippen molar-refractivity contribution in [3.05, 3.63) is 30.3 Å². The maximum absolute atomic E-state index is 11.8. The van der Waals surface area contributed by atoms with Crippen molar-refractivity contribution in [1.82, 2.24) is 0 Å². The average Bonchev–Trinajstić information content (AvgIpc) is 2.28. The van der Waals surface area contributed by atoms with Crippen molar-refractivity contribution in [3.63, 3.8) is 0 Å². The Morgan fingerprint density at radius 3 is 2.26 bits per heavy atom. The van der Waals surface area contributed by atoms with Gasteiger partial charge in [-0.3, -0.25) is 4.99 Å². The first-order valence-corrected chi connectivity index (χ1v) is 5.89. The lowest BCUT2D eigenvalue weighted by Gasteiger charge is -2.19. The molecule has 0 atom stereocenters. The van der Waals surface area contributed by atoms with Crippen LogP contribution in [0.2, 0.25) is 0 Å². The predicted molar refractivity (Wildman–Crippen MR) is 74.3 cm³/mol. The second kappa shape index (κ2) is 6.13. The number of hydrogen-bond acceptors (Lipinski definition) is 5. The van der Waals surface area contributed by atoms with Crippen LogP contribution in [-0.4, -0.2) is 28.2 Å². The van der Waals surface area contributed by atoms with E-state index in [1.54, 1.807) is 39.8 Å². The molecule has 0 aromatic heterocycles. The first-order chi connectivity index (χ1) is 8.83. The molecule has 0 unspecified atom stereocenters. The summed E-state index contributed by atoms with van der Waals surface area (Å²) < 4.78 is 5.14. The minimum Gasteiger partial charge on any atom is -0.455 e. The number of carbonyl (C=O) groups is 1. The summed E-state index contributed by atoms with van der Waals surface area (Å²) in [5.74, 6) is -0.702. The standard InChI is InChI=1S/C14H18N2O3/c1-10(15-11-8-6-5-7-9-11)12(16-18)13(17)19-14(2,3)4/h5-9,18H,1-4H3/b15-10+,16-12-. The van der Waals surface area contributed by atoms with E-state index in [1.807, 2.05) is 18.2 Å². The zero-order chi connectivity index (χ0) is 14.5. The van der Waals surface area contributed by atoms with Crippen molar-refractivity contribution in [2.75, 3.05) is 0 Å². The number of benzene rings is 1. The molecule has 5 nitrogen and oxygen atoms in total. The highest BCUT2D eigenvalue weighted by Gasteiger charge is 2.23. The van der Waals surface area contributed by atoms with Crippen molar-refractivity contribution in [2.45, 2.75) is 33.3 Å². The second-order valence-corrected chi connectivity index (χ2v) is 4.98. The quantitative estimate of drug-likeness (QED) is 0.394. The van der Waals surface area contributed by atoms with E-state index in [-0.39, 0.29) is 5.71 Å². The highest BCUT2D eigenvalue weighted by atomic mass is 16.6. The molecule has 1 rings (SSSR count). The van der Waals surface area contributed by atoms with Crippen molar-refractivity contribution < 1.29 is 14.7 Å². The van der Waals surface area contributed by atoms with Crippen LogP contribution in [0.4, 0.5) is 5.69 Å². The van der Waals surface area contributed by atoms with Gasteiger partial charge in [-0.1, -0.05) is 23.4 Å². The van der Waals surface area contributed by atoms with Crippen LogP contribution < -0.4 is 0 Å². The molecule has 1 aromatic rings. The van der Waals surface area contributed by atoms with Gasteiger partial charge in [0.15, 0.2) is 0 Å². The number of para-hydroxylation sites is 1. The summed E-state index contributed by atoms with van der Waals surface area (Å²) in [7, 11) is 0.